The van der Waals surface area contributed by atoms with Gasteiger partial charge >= 0.3 is 0 Å². The third-order valence-electron chi connectivity index (χ3n) is 4.85. The summed E-state index contributed by atoms with van der Waals surface area (Å²) in [6.45, 7) is 4.16. The van der Waals surface area contributed by atoms with E-state index in [2.05, 4.69) is 30.4 Å². The van der Waals surface area contributed by atoms with Crippen LogP contribution in [0, 0.1) is 6.92 Å². The van der Waals surface area contributed by atoms with Crippen molar-refractivity contribution in [1.82, 2.24) is 29.6 Å². The summed E-state index contributed by atoms with van der Waals surface area (Å²) in [5.41, 5.74) is 0.420. The Bertz CT molecular complexity index is 1060. The molecule has 1 aliphatic rings. The molecule has 30 heavy (non-hydrogen) atoms. The molecule has 0 saturated carbocycles. The molecule has 1 amide bonds. The van der Waals surface area contributed by atoms with Crippen molar-refractivity contribution in [3.05, 3.63) is 65.0 Å². The van der Waals surface area contributed by atoms with Crippen molar-refractivity contribution in [3.63, 3.8) is 0 Å². The fourth-order valence-electron chi connectivity index (χ4n) is 3.19. The number of amides is 1. The lowest BCUT2D eigenvalue weighted by Gasteiger charge is -2.35. The average molecular weight is 406 g/mol. The highest BCUT2D eigenvalue weighted by atomic mass is 16.2. The Hall–Kier alpha value is -3.82. The van der Waals surface area contributed by atoms with E-state index >= 15 is 0 Å². The minimum absolute atomic E-state index is 0.000192. The van der Waals surface area contributed by atoms with Gasteiger partial charge in [0.1, 0.15) is 12.4 Å². The molecule has 0 aromatic carbocycles. The van der Waals surface area contributed by atoms with Gasteiger partial charge in [0.25, 0.3) is 5.56 Å². The van der Waals surface area contributed by atoms with Crippen LogP contribution in [0.4, 0.5) is 17.5 Å². The molecular weight excluding hydrogens is 384 g/mol. The zero-order valence-corrected chi connectivity index (χ0v) is 16.6. The molecule has 0 bridgehead atoms. The van der Waals surface area contributed by atoms with Crippen LogP contribution >= 0.6 is 0 Å². The van der Waals surface area contributed by atoms with E-state index in [4.69, 9.17) is 0 Å². The van der Waals surface area contributed by atoms with Gasteiger partial charge in [0, 0.05) is 44.1 Å². The normalized spacial score (nSPS) is 13.9. The first-order valence-electron chi connectivity index (χ1n) is 9.66. The topological polar surface area (TPSA) is 109 Å². The van der Waals surface area contributed by atoms with Crippen molar-refractivity contribution in [3.8, 4) is 0 Å². The van der Waals surface area contributed by atoms with Crippen LogP contribution in [0.2, 0.25) is 0 Å². The Morgan fingerprint density at radius 3 is 2.53 bits per heavy atom. The number of hydrogen-bond donors (Lipinski definition) is 1. The SMILES string of the molecule is Cc1cc(=O)n(CC(=O)N2CCN(c3ccc(Nc4ccccn4)nn3)CC2)cn1. The highest BCUT2D eigenvalue weighted by molar-refractivity contribution is 5.76. The molecule has 0 aliphatic carbocycles. The summed E-state index contributed by atoms with van der Waals surface area (Å²) in [6, 6.07) is 10.8. The number of anilines is 3. The third-order valence-corrected chi connectivity index (χ3v) is 4.85. The third kappa shape index (κ3) is 4.59. The van der Waals surface area contributed by atoms with Crippen LogP contribution in [-0.2, 0) is 11.3 Å². The summed E-state index contributed by atoms with van der Waals surface area (Å²) in [4.78, 5) is 36.6. The van der Waals surface area contributed by atoms with Gasteiger partial charge in [0.2, 0.25) is 5.91 Å². The molecule has 3 aromatic rings. The van der Waals surface area contributed by atoms with Crippen LogP contribution in [-0.4, -0.2) is 61.7 Å². The zero-order chi connectivity index (χ0) is 20.9. The van der Waals surface area contributed by atoms with Gasteiger partial charge in [-0.1, -0.05) is 6.07 Å². The van der Waals surface area contributed by atoms with Gasteiger partial charge in [0.05, 0.1) is 6.33 Å². The van der Waals surface area contributed by atoms with Crippen LogP contribution in [0.25, 0.3) is 0 Å². The second kappa shape index (κ2) is 8.68. The number of rotatable bonds is 5. The Balaban J connectivity index is 1.31. The first kappa shape index (κ1) is 19.5. The molecule has 4 rings (SSSR count). The minimum atomic E-state index is -0.218. The molecule has 1 N–H and O–H groups in total. The maximum absolute atomic E-state index is 12.5. The fraction of sp³-hybridized carbons (Fsp3) is 0.300. The maximum Gasteiger partial charge on any atom is 0.253 e. The van der Waals surface area contributed by atoms with Crippen LogP contribution in [0.15, 0.2) is 53.7 Å². The molecule has 10 heteroatoms. The van der Waals surface area contributed by atoms with Crippen molar-refractivity contribution in [2.24, 2.45) is 0 Å². The van der Waals surface area contributed by atoms with E-state index in [1.54, 1.807) is 18.0 Å². The summed E-state index contributed by atoms with van der Waals surface area (Å²) in [5.74, 6) is 1.98. The van der Waals surface area contributed by atoms with Crippen LogP contribution in [0.3, 0.4) is 0 Å². The van der Waals surface area contributed by atoms with Gasteiger partial charge in [-0.15, -0.1) is 10.2 Å². The average Bonchev–Trinajstić information content (AvgIpc) is 2.77. The lowest BCUT2D eigenvalue weighted by atomic mass is 10.3. The molecule has 1 aliphatic heterocycles. The van der Waals surface area contributed by atoms with Crippen LogP contribution in [0.5, 0.6) is 0 Å². The number of aromatic nitrogens is 5. The minimum Gasteiger partial charge on any atom is -0.352 e. The van der Waals surface area contributed by atoms with Gasteiger partial charge in [-0.25, -0.2) is 9.97 Å². The monoisotopic (exact) mass is 406 g/mol. The van der Waals surface area contributed by atoms with Gasteiger partial charge < -0.3 is 15.1 Å². The zero-order valence-electron chi connectivity index (χ0n) is 16.6. The van der Waals surface area contributed by atoms with Crippen molar-refractivity contribution in [1.29, 1.82) is 0 Å². The van der Waals surface area contributed by atoms with E-state index in [0.29, 0.717) is 43.5 Å². The summed E-state index contributed by atoms with van der Waals surface area (Å²) in [7, 11) is 0. The Kier molecular flexibility index (Phi) is 5.64. The molecule has 1 saturated heterocycles. The molecule has 1 fully saturated rings. The molecule has 0 atom stereocenters. The number of pyridine rings is 1. The Labute approximate surface area is 173 Å². The molecule has 3 aromatic heterocycles. The lowest BCUT2D eigenvalue weighted by Crippen LogP contribution is -2.50. The number of piperazine rings is 1. The van der Waals surface area contributed by atoms with Gasteiger partial charge in [-0.3, -0.25) is 14.2 Å². The van der Waals surface area contributed by atoms with E-state index in [-0.39, 0.29) is 18.0 Å². The van der Waals surface area contributed by atoms with Crippen molar-refractivity contribution < 1.29 is 4.79 Å². The summed E-state index contributed by atoms with van der Waals surface area (Å²) in [6.07, 6.45) is 3.12. The Morgan fingerprint density at radius 1 is 1.03 bits per heavy atom. The quantitative estimate of drug-likeness (QED) is 0.664. The first-order valence-corrected chi connectivity index (χ1v) is 9.66. The van der Waals surface area contributed by atoms with Gasteiger partial charge in [-0.2, -0.15) is 0 Å². The molecule has 154 valence electrons. The largest absolute Gasteiger partial charge is 0.352 e. The van der Waals surface area contributed by atoms with E-state index in [1.807, 2.05) is 30.3 Å². The number of carbonyl (C=O) groups is 1. The maximum atomic E-state index is 12.5. The second-order valence-electron chi connectivity index (χ2n) is 6.98. The lowest BCUT2D eigenvalue weighted by molar-refractivity contribution is -0.132. The summed E-state index contributed by atoms with van der Waals surface area (Å²) >= 11 is 0. The standard InChI is InChI=1S/C20H22N8O2/c1-15-12-19(29)28(14-22-15)13-20(30)27-10-8-26(9-11-27)18-6-5-17(24-25-18)23-16-4-2-3-7-21-16/h2-7,12,14H,8-11,13H2,1H3,(H,21,23,24). The number of nitrogens with zero attached hydrogens (tertiary/aromatic N) is 7. The van der Waals surface area contributed by atoms with Gasteiger partial charge in [0.15, 0.2) is 11.6 Å². The van der Waals surface area contributed by atoms with E-state index in [1.165, 1.54) is 17.0 Å². The molecular formula is C20H22N8O2. The van der Waals surface area contributed by atoms with Crippen molar-refractivity contribution >= 4 is 23.4 Å². The molecule has 0 spiro atoms. The van der Waals surface area contributed by atoms with Crippen LogP contribution in [0.1, 0.15) is 5.69 Å². The molecule has 4 heterocycles. The Morgan fingerprint density at radius 2 is 1.87 bits per heavy atom. The predicted molar refractivity (Wildman–Crippen MR) is 112 cm³/mol. The van der Waals surface area contributed by atoms with Crippen LogP contribution < -0.4 is 15.8 Å². The van der Waals surface area contributed by atoms with Crippen molar-refractivity contribution in [2.45, 2.75) is 13.5 Å². The van der Waals surface area contributed by atoms with Crippen molar-refractivity contribution in [2.75, 3.05) is 36.4 Å². The highest BCUT2D eigenvalue weighted by Gasteiger charge is 2.22. The van der Waals surface area contributed by atoms with E-state index < -0.39 is 0 Å². The van der Waals surface area contributed by atoms with E-state index in [0.717, 1.165) is 5.82 Å². The highest BCUT2D eigenvalue weighted by Crippen LogP contribution is 2.16. The summed E-state index contributed by atoms with van der Waals surface area (Å²) < 4.78 is 1.33. The van der Waals surface area contributed by atoms with Gasteiger partial charge in [-0.05, 0) is 31.2 Å². The smallest absolute Gasteiger partial charge is 0.253 e. The number of nitrogens with one attached hydrogen (secondary N) is 1. The predicted octanol–water partition coefficient (Wildman–Crippen LogP) is 0.829. The first-order chi connectivity index (χ1) is 14.6. The summed E-state index contributed by atoms with van der Waals surface area (Å²) in [5, 5.41) is 11.6. The number of hydrogen-bond acceptors (Lipinski definition) is 8. The number of aryl methyl sites for hydroxylation is 1. The molecule has 0 radical (unpaired) electrons. The number of carbonyl (C=O) groups excluding carboxylic acids is 1. The molecule has 10 nitrogen and oxygen atoms in total. The second-order valence-corrected chi connectivity index (χ2v) is 6.98. The fourth-order valence-corrected chi connectivity index (χ4v) is 3.19. The van der Waals surface area contributed by atoms with E-state index in [9.17, 15) is 9.59 Å². The molecule has 0 unspecified atom stereocenters.